The summed E-state index contributed by atoms with van der Waals surface area (Å²) in [4.78, 5) is 39.5. The van der Waals surface area contributed by atoms with Gasteiger partial charge in [-0.25, -0.2) is 0 Å². The SMILES string of the molecule is CN(Cc1ccccc1)S(=O)(=O)N1C[C@@H]2NC(=O)c3cc(cc(C(=O)NCCn4ccnn4)c3)OCC(=O)NCc3ccc(cc3)O[C@H]2C1. The molecule has 4 bridgehead atoms. The van der Waals surface area contributed by atoms with Gasteiger partial charge in [-0.2, -0.15) is 17.0 Å². The molecule has 0 spiro atoms. The molecule has 1 saturated heterocycles. The van der Waals surface area contributed by atoms with Crippen LogP contribution in [-0.4, -0.2) is 95.2 Å². The number of hydrogen-bond donors (Lipinski definition) is 3. The topological polar surface area (TPSA) is 177 Å². The van der Waals surface area contributed by atoms with Crippen molar-refractivity contribution >= 4 is 27.9 Å². The molecule has 0 radical (unpaired) electrons. The largest absolute Gasteiger partial charge is 0.487 e. The van der Waals surface area contributed by atoms with Gasteiger partial charge in [-0.3, -0.25) is 19.1 Å². The number of ether oxygens (including phenoxy) is 2. The molecule has 2 atom stereocenters. The molecular weight excluding hydrogens is 652 g/mol. The van der Waals surface area contributed by atoms with Gasteiger partial charge in [0.25, 0.3) is 27.9 Å². The Balaban J connectivity index is 1.26. The lowest BCUT2D eigenvalue weighted by molar-refractivity contribution is -0.123. The van der Waals surface area contributed by atoms with Crippen LogP contribution in [0.15, 0.2) is 85.2 Å². The third kappa shape index (κ3) is 8.40. The van der Waals surface area contributed by atoms with Gasteiger partial charge in [-0.15, -0.1) is 5.10 Å². The zero-order valence-corrected chi connectivity index (χ0v) is 27.5. The molecule has 4 aromatic rings. The lowest BCUT2D eigenvalue weighted by Crippen LogP contribution is -2.45. The Bertz CT molecular complexity index is 1890. The summed E-state index contributed by atoms with van der Waals surface area (Å²) in [6.07, 6.45) is 2.45. The molecule has 3 aliphatic heterocycles. The molecule has 3 N–H and O–H groups in total. The van der Waals surface area contributed by atoms with E-state index in [-0.39, 0.29) is 56.2 Å². The van der Waals surface area contributed by atoms with Crippen molar-refractivity contribution in [2.24, 2.45) is 0 Å². The van der Waals surface area contributed by atoms with E-state index in [1.54, 1.807) is 35.1 Å². The molecule has 0 aliphatic carbocycles. The number of hydrogen-bond acceptors (Lipinski definition) is 9. The van der Waals surface area contributed by atoms with Crippen molar-refractivity contribution in [3.8, 4) is 11.5 Å². The summed E-state index contributed by atoms with van der Waals surface area (Å²) in [6.45, 7) is 0.576. The molecule has 1 fully saturated rings. The monoisotopic (exact) mass is 688 g/mol. The molecule has 3 amide bonds. The summed E-state index contributed by atoms with van der Waals surface area (Å²) in [5.41, 5.74) is 1.84. The highest BCUT2D eigenvalue weighted by molar-refractivity contribution is 7.86. The highest BCUT2D eigenvalue weighted by Crippen LogP contribution is 2.25. The Morgan fingerprint density at radius 2 is 1.84 bits per heavy atom. The first-order valence-corrected chi connectivity index (χ1v) is 17.0. The fraction of sp³-hybridized carbons (Fsp3) is 0.303. The lowest BCUT2D eigenvalue weighted by Gasteiger charge is -2.24. The third-order valence-electron chi connectivity index (χ3n) is 8.12. The number of nitrogens with one attached hydrogen (secondary N) is 3. The normalized spacial score (nSPS) is 18.5. The Labute approximate surface area is 283 Å². The van der Waals surface area contributed by atoms with Gasteiger partial charge in [0.05, 0.1) is 25.3 Å². The van der Waals surface area contributed by atoms with E-state index in [9.17, 15) is 22.8 Å². The summed E-state index contributed by atoms with van der Waals surface area (Å²) < 4.78 is 43.6. The van der Waals surface area contributed by atoms with Crippen LogP contribution in [0.25, 0.3) is 0 Å². The molecule has 4 heterocycles. The molecule has 256 valence electrons. The number of rotatable bonds is 8. The molecule has 0 saturated carbocycles. The lowest BCUT2D eigenvalue weighted by atomic mass is 10.1. The van der Waals surface area contributed by atoms with Crippen molar-refractivity contribution < 1.29 is 32.3 Å². The number of fused-ring (bicyclic) bond motifs is 7. The average Bonchev–Trinajstić information content (AvgIpc) is 3.77. The average molecular weight is 689 g/mol. The minimum Gasteiger partial charge on any atom is -0.487 e. The van der Waals surface area contributed by atoms with Crippen molar-refractivity contribution in [3.05, 3.63) is 107 Å². The second-order valence-electron chi connectivity index (χ2n) is 11.7. The van der Waals surface area contributed by atoms with Crippen LogP contribution in [0.3, 0.4) is 0 Å². The summed E-state index contributed by atoms with van der Waals surface area (Å²) in [5.74, 6) is -0.857. The van der Waals surface area contributed by atoms with Crippen LogP contribution < -0.4 is 25.4 Å². The van der Waals surface area contributed by atoms with Crippen LogP contribution in [0.1, 0.15) is 31.8 Å². The van der Waals surface area contributed by atoms with E-state index in [1.807, 2.05) is 30.3 Å². The Morgan fingerprint density at radius 1 is 1.04 bits per heavy atom. The quantitative estimate of drug-likeness (QED) is 0.243. The van der Waals surface area contributed by atoms with Crippen molar-refractivity contribution in [1.82, 2.24) is 39.6 Å². The van der Waals surface area contributed by atoms with Gasteiger partial charge in [0.2, 0.25) is 0 Å². The first-order chi connectivity index (χ1) is 23.6. The molecule has 0 unspecified atom stereocenters. The van der Waals surface area contributed by atoms with E-state index in [0.717, 1.165) is 11.1 Å². The number of nitrogens with zero attached hydrogens (tertiary/aromatic N) is 5. The van der Waals surface area contributed by atoms with Crippen LogP contribution in [0.4, 0.5) is 0 Å². The van der Waals surface area contributed by atoms with Gasteiger partial charge in [-0.1, -0.05) is 47.7 Å². The van der Waals surface area contributed by atoms with E-state index < -0.39 is 40.1 Å². The van der Waals surface area contributed by atoms with Crippen molar-refractivity contribution in [2.45, 2.75) is 31.8 Å². The fourth-order valence-corrected chi connectivity index (χ4v) is 6.89. The van der Waals surface area contributed by atoms with Crippen LogP contribution in [0.2, 0.25) is 0 Å². The zero-order valence-electron chi connectivity index (χ0n) is 26.7. The first-order valence-electron chi connectivity index (χ1n) is 15.6. The molecule has 49 heavy (non-hydrogen) atoms. The van der Waals surface area contributed by atoms with Crippen molar-refractivity contribution in [1.29, 1.82) is 0 Å². The maximum Gasteiger partial charge on any atom is 0.282 e. The first kappa shape index (κ1) is 33.6. The van der Waals surface area contributed by atoms with Crippen molar-refractivity contribution in [3.63, 3.8) is 0 Å². The van der Waals surface area contributed by atoms with Crippen LogP contribution in [0, 0.1) is 0 Å². The van der Waals surface area contributed by atoms with E-state index >= 15 is 0 Å². The molecule has 3 aliphatic rings. The molecule has 16 heteroatoms. The highest BCUT2D eigenvalue weighted by atomic mass is 32.2. The fourth-order valence-electron chi connectivity index (χ4n) is 5.50. The minimum absolute atomic E-state index is 0.0210. The number of carbonyl (C=O) groups excluding carboxylic acids is 3. The second-order valence-corrected chi connectivity index (χ2v) is 13.7. The van der Waals surface area contributed by atoms with Gasteiger partial charge in [0.15, 0.2) is 6.61 Å². The van der Waals surface area contributed by atoms with Gasteiger partial charge in [0, 0.05) is 50.6 Å². The molecule has 15 nitrogen and oxygen atoms in total. The Hall–Kier alpha value is -5.32. The zero-order chi connectivity index (χ0) is 34.4. The van der Waals surface area contributed by atoms with Gasteiger partial charge >= 0.3 is 0 Å². The summed E-state index contributed by atoms with van der Waals surface area (Å²) in [6, 6.07) is 19.8. The van der Waals surface area contributed by atoms with E-state index in [0.29, 0.717) is 12.3 Å². The number of benzene rings is 3. The van der Waals surface area contributed by atoms with Gasteiger partial charge in [0.1, 0.15) is 17.6 Å². The van der Waals surface area contributed by atoms with Gasteiger partial charge < -0.3 is 25.4 Å². The van der Waals surface area contributed by atoms with E-state index in [4.69, 9.17) is 9.47 Å². The van der Waals surface area contributed by atoms with Crippen LogP contribution >= 0.6 is 0 Å². The van der Waals surface area contributed by atoms with Crippen LogP contribution in [-0.2, 0) is 34.6 Å². The Morgan fingerprint density at radius 3 is 2.59 bits per heavy atom. The van der Waals surface area contributed by atoms with Crippen molar-refractivity contribution in [2.75, 3.05) is 33.3 Å². The number of aromatic nitrogens is 3. The van der Waals surface area contributed by atoms with Crippen LogP contribution in [0.5, 0.6) is 11.5 Å². The number of carbonyl (C=O) groups is 3. The summed E-state index contributed by atoms with van der Waals surface area (Å²) in [7, 11) is -2.44. The second kappa shape index (κ2) is 14.8. The molecule has 7 rings (SSSR count). The maximum atomic E-state index is 13.8. The number of amides is 3. The summed E-state index contributed by atoms with van der Waals surface area (Å²) >= 11 is 0. The highest BCUT2D eigenvalue weighted by Gasteiger charge is 2.42. The standard InChI is InChI=1S/C33H36N8O7S/c1-39(19-24-5-3-2-4-6-24)49(45,46)41-20-29-30(21-41)48-27-9-7-23(8-10-27)18-35-31(42)22-47-28-16-25(15-26(17-28)33(44)37-29)32(43)34-11-13-40-14-12-36-38-40/h2-10,12,14-17,29-30H,11,13,18-22H2,1H3,(H,34,43)(H,35,42)(H,37,44)/t29-,30-/m0/s1. The predicted octanol–water partition coefficient (Wildman–Crippen LogP) is 0.955. The molecule has 1 aromatic heterocycles. The van der Waals surface area contributed by atoms with E-state index in [2.05, 4.69) is 26.3 Å². The maximum absolute atomic E-state index is 13.8. The molecule has 3 aromatic carbocycles. The molecular formula is C33H36N8O7S. The van der Waals surface area contributed by atoms with Gasteiger partial charge in [-0.05, 0) is 41.5 Å². The smallest absolute Gasteiger partial charge is 0.282 e. The van der Waals surface area contributed by atoms with E-state index in [1.165, 1.54) is 40.1 Å². The predicted molar refractivity (Wildman–Crippen MR) is 177 cm³/mol. The summed E-state index contributed by atoms with van der Waals surface area (Å²) in [5, 5.41) is 16.1. The third-order valence-corrected chi connectivity index (χ3v) is 9.98. The minimum atomic E-state index is -3.95. The Kier molecular flexibility index (Phi) is 10.2.